The minimum Gasteiger partial charge on any atom is -0.406 e. The highest BCUT2D eigenvalue weighted by Crippen LogP contribution is 2.23. The summed E-state index contributed by atoms with van der Waals surface area (Å²) in [5.74, 6) is -1.03. The number of hydrogen-bond donors (Lipinski definition) is 3. The van der Waals surface area contributed by atoms with Crippen LogP contribution in [0, 0.1) is 0 Å². The molecule has 172 valence electrons. The third-order valence-corrected chi connectivity index (χ3v) is 4.57. The van der Waals surface area contributed by atoms with Crippen molar-refractivity contribution in [2.75, 3.05) is 5.32 Å². The number of rotatable bonds is 8. The first kappa shape index (κ1) is 23.7. The van der Waals surface area contributed by atoms with E-state index in [1.54, 1.807) is 54.9 Å². The summed E-state index contributed by atoms with van der Waals surface area (Å²) in [5, 5.41) is 5.36. The van der Waals surface area contributed by atoms with Gasteiger partial charge in [-0.15, -0.1) is 13.2 Å². The summed E-state index contributed by atoms with van der Waals surface area (Å²) in [7, 11) is 0. The van der Waals surface area contributed by atoms with Crippen molar-refractivity contribution in [2.24, 2.45) is 5.73 Å². The van der Waals surface area contributed by atoms with E-state index in [0.717, 1.165) is 0 Å². The summed E-state index contributed by atoms with van der Waals surface area (Å²) in [6.45, 7) is 0.0225. The van der Waals surface area contributed by atoms with E-state index in [-0.39, 0.29) is 30.5 Å². The Morgan fingerprint density at radius 1 is 1.03 bits per heavy atom. The minimum atomic E-state index is -4.79. The number of carbonyl (C=O) groups excluding carboxylic acids is 2. The van der Waals surface area contributed by atoms with E-state index < -0.39 is 12.4 Å². The smallest absolute Gasteiger partial charge is 0.406 e. The third-order valence-electron chi connectivity index (χ3n) is 4.57. The van der Waals surface area contributed by atoms with Gasteiger partial charge in [0.2, 0.25) is 5.91 Å². The molecule has 0 saturated carbocycles. The maximum atomic E-state index is 12.3. The van der Waals surface area contributed by atoms with Gasteiger partial charge in [0.15, 0.2) is 0 Å². The Morgan fingerprint density at radius 3 is 2.39 bits per heavy atom. The Morgan fingerprint density at radius 2 is 1.73 bits per heavy atom. The quantitative estimate of drug-likeness (QED) is 0.474. The zero-order chi connectivity index (χ0) is 23.8. The molecule has 33 heavy (non-hydrogen) atoms. The molecule has 0 radical (unpaired) electrons. The highest BCUT2D eigenvalue weighted by atomic mass is 19.4. The number of pyridine rings is 1. The van der Waals surface area contributed by atoms with Crippen LogP contribution in [0.3, 0.4) is 0 Å². The highest BCUT2D eigenvalue weighted by molar-refractivity contribution is 6.04. The first-order chi connectivity index (χ1) is 15.7. The Bertz CT molecular complexity index is 1090. The van der Waals surface area contributed by atoms with E-state index in [2.05, 4.69) is 20.4 Å². The number of nitrogens with zero attached hydrogens (tertiary/aromatic N) is 1. The molecular weight excluding hydrogens is 437 g/mol. The number of nitrogens with two attached hydrogens (primary N) is 1. The molecule has 7 nitrogen and oxygen atoms in total. The van der Waals surface area contributed by atoms with E-state index in [9.17, 15) is 22.8 Å². The van der Waals surface area contributed by atoms with Crippen LogP contribution in [0.25, 0.3) is 0 Å². The van der Waals surface area contributed by atoms with Crippen LogP contribution >= 0.6 is 0 Å². The first-order valence-corrected chi connectivity index (χ1v) is 9.88. The summed E-state index contributed by atoms with van der Waals surface area (Å²) in [6.07, 6.45) is -1.70. The van der Waals surface area contributed by atoms with Crippen LogP contribution in [-0.2, 0) is 11.3 Å². The van der Waals surface area contributed by atoms with Crippen molar-refractivity contribution in [3.05, 3.63) is 89.7 Å². The van der Waals surface area contributed by atoms with E-state index >= 15 is 0 Å². The van der Waals surface area contributed by atoms with Crippen molar-refractivity contribution >= 4 is 17.5 Å². The van der Waals surface area contributed by atoms with E-state index in [4.69, 9.17) is 5.73 Å². The second kappa shape index (κ2) is 10.6. The number of anilines is 1. The molecule has 3 rings (SSSR count). The first-order valence-electron chi connectivity index (χ1n) is 9.88. The van der Waals surface area contributed by atoms with Crippen LogP contribution in [-0.4, -0.2) is 23.2 Å². The molecule has 0 aliphatic rings. The van der Waals surface area contributed by atoms with Crippen molar-refractivity contribution in [3.63, 3.8) is 0 Å². The summed E-state index contributed by atoms with van der Waals surface area (Å²) in [4.78, 5) is 28.4. The lowest BCUT2D eigenvalue weighted by molar-refractivity contribution is -0.274. The lowest BCUT2D eigenvalue weighted by Crippen LogP contribution is -2.27. The molecule has 10 heteroatoms. The molecule has 0 aliphatic heterocycles. The van der Waals surface area contributed by atoms with Gasteiger partial charge < -0.3 is 21.1 Å². The summed E-state index contributed by atoms with van der Waals surface area (Å²) >= 11 is 0. The van der Waals surface area contributed by atoms with Crippen molar-refractivity contribution < 1.29 is 27.5 Å². The fourth-order valence-corrected chi connectivity index (χ4v) is 2.96. The molecule has 1 atom stereocenters. The van der Waals surface area contributed by atoms with Crippen molar-refractivity contribution in [3.8, 4) is 5.75 Å². The van der Waals surface area contributed by atoms with Crippen molar-refractivity contribution in [1.82, 2.24) is 10.3 Å². The van der Waals surface area contributed by atoms with Crippen LogP contribution in [0.15, 0.2) is 73.1 Å². The number of aromatic nitrogens is 1. The largest absolute Gasteiger partial charge is 0.573 e. The van der Waals surface area contributed by atoms with Gasteiger partial charge in [0.1, 0.15) is 5.75 Å². The van der Waals surface area contributed by atoms with Gasteiger partial charge in [0.25, 0.3) is 5.91 Å². The third kappa shape index (κ3) is 7.62. The number of alkyl halides is 3. The maximum absolute atomic E-state index is 12.3. The molecular formula is C23H21F3N4O3. The molecule has 1 heterocycles. The van der Waals surface area contributed by atoms with E-state index in [0.29, 0.717) is 22.4 Å². The van der Waals surface area contributed by atoms with Crippen molar-refractivity contribution in [1.29, 1.82) is 0 Å². The average Bonchev–Trinajstić information content (AvgIpc) is 2.77. The van der Waals surface area contributed by atoms with Crippen molar-refractivity contribution in [2.45, 2.75) is 25.4 Å². The van der Waals surface area contributed by atoms with Crippen LogP contribution in [0.4, 0.5) is 18.9 Å². The van der Waals surface area contributed by atoms with E-state index in [1.807, 2.05) is 0 Å². The fraction of sp³-hybridized carbons (Fsp3) is 0.174. The van der Waals surface area contributed by atoms with Gasteiger partial charge in [-0.2, -0.15) is 0 Å². The van der Waals surface area contributed by atoms with Gasteiger partial charge in [-0.05, 0) is 47.5 Å². The van der Waals surface area contributed by atoms with Crippen LogP contribution in [0.5, 0.6) is 5.75 Å². The maximum Gasteiger partial charge on any atom is 0.573 e. The lowest BCUT2D eigenvalue weighted by atomic mass is 10.0. The minimum absolute atomic E-state index is 0.0225. The monoisotopic (exact) mass is 458 g/mol. The molecule has 0 spiro atoms. The number of benzene rings is 2. The van der Waals surface area contributed by atoms with Crippen LogP contribution in [0.1, 0.15) is 33.9 Å². The second-order valence-corrected chi connectivity index (χ2v) is 7.09. The van der Waals surface area contributed by atoms with Gasteiger partial charge in [0.05, 0.1) is 0 Å². The fourth-order valence-electron chi connectivity index (χ4n) is 2.96. The normalized spacial score (nSPS) is 12.0. The highest BCUT2D eigenvalue weighted by Gasteiger charge is 2.31. The van der Waals surface area contributed by atoms with Gasteiger partial charge >= 0.3 is 6.36 Å². The molecule has 4 N–H and O–H groups in total. The zero-order valence-corrected chi connectivity index (χ0v) is 17.3. The average molecular weight is 458 g/mol. The Kier molecular flexibility index (Phi) is 7.62. The Hall–Kier alpha value is -3.92. The van der Waals surface area contributed by atoms with Gasteiger partial charge in [0, 0.05) is 42.7 Å². The zero-order valence-electron chi connectivity index (χ0n) is 17.3. The van der Waals surface area contributed by atoms with Gasteiger partial charge in [-0.25, -0.2) is 0 Å². The number of amides is 2. The number of nitrogens with one attached hydrogen (secondary N) is 2. The van der Waals surface area contributed by atoms with Gasteiger partial charge in [-0.1, -0.05) is 24.3 Å². The molecule has 2 aromatic carbocycles. The van der Waals surface area contributed by atoms with Gasteiger partial charge in [-0.3, -0.25) is 14.6 Å². The molecule has 2 amide bonds. The Balaban J connectivity index is 1.50. The summed E-state index contributed by atoms with van der Waals surface area (Å²) < 4.78 is 40.9. The number of halogens is 3. The topological polar surface area (TPSA) is 106 Å². The molecule has 0 bridgehead atoms. The molecule has 0 saturated heterocycles. The van der Waals surface area contributed by atoms with E-state index in [1.165, 1.54) is 18.2 Å². The number of hydrogen-bond acceptors (Lipinski definition) is 5. The van der Waals surface area contributed by atoms with Crippen LogP contribution in [0.2, 0.25) is 0 Å². The number of carbonyl (C=O) groups is 2. The summed E-state index contributed by atoms with van der Waals surface area (Å²) in [6, 6.07) is 14.6. The predicted octanol–water partition coefficient (Wildman–Crippen LogP) is 3.94. The SMILES string of the molecule is NC(CC(=O)NCc1cccc(OC(F)(F)F)c1)c1ccc(C(=O)Nc2ccncc2)cc1. The molecule has 1 unspecified atom stereocenters. The number of ether oxygens (including phenoxy) is 1. The lowest BCUT2D eigenvalue weighted by Gasteiger charge is -2.14. The molecule has 0 aliphatic carbocycles. The predicted molar refractivity (Wildman–Crippen MR) is 115 cm³/mol. The molecule has 1 aromatic heterocycles. The summed E-state index contributed by atoms with van der Waals surface area (Å²) in [5.41, 5.74) is 8.24. The second-order valence-electron chi connectivity index (χ2n) is 7.09. The van der Waals surface area contributed by atoms with Crippen LogP contribution < -0.4 is 21.1 Å². The Labute approximate surface area is 187 Å². The standard InChI is InChI=1S/C23H21F3N4O3/c24-23(25,26)33-19-3-1-2-15(12-19)14-29-21(31)13-20(27)16-4-6-17(7-5-16)22(32)30-18-8-10-28-11-9-18/h1-12,20H,13-14,27H2,(H,29,31)(H,28,30,32). The molecule has 3 aromatic rings. The molecule has 0 fully saturated rings.